The van der Waals surface area contributed by atoms with Gasteiger partial charge in [0, 0.05) is 24.7 Å². The lowest BCUT2D eigenvalue weighted by Gasteiger charge is -2.04. The van der Waals surface area contributed by atoms with Gasteiger partial charge in [-0.05, 0) is 12.1 Å². The molecule has 0 radical (unpaired) electrons. The molecule has 0 saturated heterocycles. The Morgan fingerprint density at radius 3 is 2.82 bits per heavy atom. The van der Waals surface area contributed by atoms with Crippen LogP contribution in [-0.4, -0.2) is 25.4 Å². The molecule has 0 unspecified atom stereocenters. The van der Waals surface area contributed by atoms with Gasteiger partial charge in [0.25, 0.3) is 0 Å². The summed E-state index contributed by atoms with van der Waals surface area (Å²) in [6.07, 6.45) is 5.04. The highest BCUT2D eigenvalue weighted by Gasteiger charge is 2.43. The van der Waals surface area contributed by atoms with E-state index in [2.05, 4.69) is 19.4 Å². The molecule has 2 aromatic heterocycles. The second-order valence-electron chi connectivity index (χ2n) is 4.81. The number of aromatic nitrogens is 4. The van der Waals surface area contributed by atoms with E-state index in [4.69, 9.17) is 0 Å². The lowest BCUT2D eigenvalue weighted by atomic mass is 10.3. The van der Waals surface area contributed by atoms with E-state index >= 15 is 0 Å². The van der Waals surface area contributed by atoms with E-state index in [1.54, 1.807) is 29.5 Å². The zero-order chi connectivity index (χ0) is 15.2. The Balaban J connectivity index is 1.60. The summed E-state index contributed by atoms with van der Waals surface area (Å²) in [5, 5.41) is 0. The molecule has 0 spiro atoms. The van der Waals surface area contributed by atoms with E-state index < -0.39 is 6.29 Å². The molecular weight excluding hydrogens is 294 g/mol. The van der Waals surface area contributed by atoms with Crippen LogP contribution in [0.5, 0.6) is 11.5 Å². The molecule has 0 fully saturated rings. The minimum absolute atomic E-state index is 0.00681. The van der Waals surface area contributed by atoms with Crippen LogP contribution in [0, 0.1) is 0 Å². The van der Waals surface area contributed by atoms with Crippen molar-refractivity contribution in [3.63, 3.8) is 0 Å². The normalized spacial score (nSPS) is 15.2. The number of halogens is 2. The molecule has 6 nitrogen and oxygen atoms in total. The maximum Gasteiger partial charge on any atom is 0.586 e. The summed E-state index contributed by atoms with van der Waals surface area (Å²) >= 11 is 0. The van der Waals surface area contributed by atoms with Gasteiger partial charge in [0.1, 0.15) is 0 Å². The summed E-state index contributed by atoms with van der Waals surface area (Å²) in [4.78, 5) is 8.25. The number of rotatable bonds is 3. The Morgan fingerprint density at radius 1 is 1.14 bits per heavy atom. The van der Waals surface area contributed by atoms with E-state index in [1.165, 1.54) is 12.1 Å². The van der Waals surface area contributed by atoms with Gasteiger partial charge in [0.2, 0.25) is 0 Å². The number of hydrogen-bond donors (Lipinski definition) is 0. The zero-order valence-corrected chi connectivity index (χ0v) is 11.2. The van der Waals surface area contributed by atoms with Crippen LogP contribution >= 0.6 is 0 Å². The first-order valence-corrected chi connectivity index (χ1v) is 6.48. The molecule has 4 rings (SSSR count). The van der Waals surface area contributed by atoms with Gasteiger partial charge in [-0.2, -0.15) is 0 Å². The van der Waals surface area contributed by atoms with Crippen molar-refractivity contribution in [1.82, 2.24) is 19.1 Å². The van der Waals surface area contributed by atoms with Crippen molar-refractivity contribution in [3.8, 4) is 17.2 Å². The zero-order valence-electron chi connectivity index (χ0n) is 11.2. The summed E-state index contributed by atoms with van der Waals surface area (Å²) < 4.78 is 38.5. The summed E-state index contributed by atoms with van der Waals surface area (Å²) in [5.74, 6) is 0.0277. The average molecular weight is 304 g/mol. The Hall–Kier alpha value is -2.90. The lowest BCUT2D eigenvalue weighted by Crippen LogP contribution is -2.25. The third kappa shape index (κ3) is 2.28. The number of benzene rings is 1. The largest absolute Gasteiger partial charge is 0.586 e. The van der Waals surface area contributed by atoms with Gasteiger partial charge in [0.15, 0.2) is 11.5 Å². The van der Waals surface area contributed by atoms with Crippen LogP contribution in [0.1, 0.15) is 5.69 Å². The third-order valence-electron chi connectivity index (χ3n) is 3.22. The highest BCUT2D eigenvalue weighted by molar-refractivity contribution is 5.50. The Labute approximate surface area is 123 Å². The van der Waals surface area contributed by atoms with Gasteiger partial charge < -0.3 is 18.6 Å². The molecule has 8 heteroatoms. The van der Waals surface area contributed by atoms with Crippen LogP contribution in [0.15, 0.2) is 49.4 Å². The summed E-state index contributed by atoms with van der Waals surface area (Å²) in [6, 6.07) is 4.59. The number of alkyl halides is 2. The molecule has 3 aromatic rings. The topological polar surface area (TPSA) is 54.1 Å². The van der Waals surface area contributed by atoms with Crippen LogP contribution < -0.4 is 9.47 Å². The number of ether oxygens (including phenoxy) is 2. The van der Waals surface area contributed by atoms with E-state index in [-0.39, 0.29) is 11.5 Å². The van der Waals surface area contributed by atoms with Crippen molar-refractivity contribution in [1.29, 1.82) is 0 Å². The summed E-state index contributed by atoms with van der Waals surface area (Å²) in [7, 11) is 0. The SMILES string of the molecule is FC1(F)Oc2ccc(-n3cnc(Cn4ccnc4)c3)cc2O1. The molecule has 1 aliphatic rings. The minimum Gasteiger partial charge on any atom is -0.395 e. The van der Waals surface area contributed by atoms with Crippen molar-refractivity contribution in [3.05, 3.63) is 55.1 Å². The van der Waals surface area contributed by atoms with Crippen molar-refractivity contribution in [2.24, 2.45) is 0 Å². The number of nitrogens with zero attached hydrogens (tertiary/aromatic N) is 4. The molecule has 112 valence electrons. The van der Waals surface area contributed by atoms with Crippen molar-refractivity contribution >= 4 is 0 Å². The molecule has 1 aromatic carbocycles. The predicted molar refractivity (Wildman–Crippen MR) is 71.1 cm³/mol. The fraction of sp³-hybridized carbons (Fsp3) is 0.143. The van der Waals surface area contributed by atoms with E-state index in [0.717, 1.165) is 5.69 Å². The van der Waals surface area contributed by atoms with Crippen LogP contribution in [-0.2, 0) is 6.54 Å². The van der Waals surface area contributed by atoms with Crippen LogP contribution in [0.4, 0.5) is 8.78 Å². The van der Waals surface area contributed by atoms with Gasteiger partial charge >= 0.3 is 6.29 Å². The fourth-order valence-electron chi connectivity index (χ4n) is 2.25. The molecule has 0 N–H and O–H groups in total. The van der Waals surface area contributed by atoms with Gasteiger partial charge in [-0.25, -0.2) is 9.97 Å². The summed E-state index contributed by atoms with van der Waals surface area (Å²) in [5.41, 5.74) is 1.48. The van der Waals surface area contributed by atoms with Gasteiger partial charge in [-0.1, -0.05) is 0 Å². The molecule has 0 saturated carbocycles. The maximum atomic E-state index is 13.0. The number of hydrogen-bond acceptors (Lipinski definition) is 4. The minimum atomic E-state index is -3.61. The molecule has 0 atom stereocenters. The van der Waals surface area contributed by atoms with Crippen molar-refractivity contribution in [2.75, 3.05) is 0 Å². The first kappa shape index (κ1) is 12.8. The third-order valence-corrected chi connectivity index (χ3v) is 3.22. The second kappa shape index (κ2) is 4.55. The van der Waals surface area contributed by atoms with E-state index in [9.17, 15) is 8.78 Å². The van der Waals surface area contributed by atoms with Crippen LogP contribution in [0.25, 0.3) is 5.69 Å². The summed E-state index contributed by atoms with van der Waals surface area (Å²) in [6.45, 7) is 0.579. The smallest absolute Gasteiger partial charge is 0.395 e. The predicted octanol–water partition coefficient (Wildman–Crippen LogP) is 2.44. The molecule has 0 bridgehead atoms. The molecule has 1 aliphatic heterocycles. The van der Waals surface area contributed by atoms with Crippen LogP contribution in [0.3, 0.4) is 0 Å². The first-order valence-electron chi connectivity index (χ1n) is 6.48. The molecule has 22 heavy (non-hydrogen) atoms. The second-order valence-corrected chi connectivity index (χ2v) is 4.81. The first-order chi connectivity index (χ1) is 10.6. The van der Waals surface area contributed by atoms with E-state index in [1.807, 2.05) is 17.0 Å². The van der Waals surface area contributed by atoms with Crippen LogP contribution in [0.2, 0.25) is 0 Å². The average Bonchev–Trinajstić information content (AvgIpc) is 3.16. The molecule has 3 heterocycles. The lowest BCUT2D eigenvalue weighted by molar-refractivity contribution is -0.286. The Morgan fingerprint density at radius 2 is 2.00 bits per heavy atom. The fourth-order valence-corrected chi connectivity index (χ4v) is 2.25. The quantitative estimate of drug-likeness (QED) is 0.746. The Bertz CT molecular complexity index is 814. The van der Waals surface area contributed by atoms with Gasteiger partial charge in [0.05, 0.1) is 30.6 Å². The van der Waals surface area contributed by atoms with Crippen molar-refractivity contribution < 1.29 is 18.3 Å². The maximum absolute atomic E-state index is 13.0. The van der Waals surface area contributed by atoms with Gasteiger partial charge in [-0.3, -0.25) is 0 Å². The van der Waals surface area contributed by atoms with Crippen molar-refractivity contribution in [2.45, 2.75) is 12.8 Å². The van der Waals surface area contributed by atoms with E-state index in [0.29, 0.717) is 12.2 Å². The highest BCUT2D eigenvalue weighted by Crippen LogP contribution is 2.41. The number of imidazole rings is 2. The molecule has 0 aliphatic carbocycles. The van der Waals surface area contributed by atoms with Gasteiger partial charge in [-0.15, -0.1) is 8.78 Å². The Kier molecular flexibility index (Phi) is 2.65. The number of fused-ring (bicyclic) bond motifs is 1. The standard InChI is InChI=1S/C14H10F2N4O2/c15-14(16)21-12-2-1-11(5-13(12)22-14)20-7-10(18-9-20)6-19-4-3-17-8-19/h1-5,7-9H,6H2. The molecular formula is C14H10F2N4O2. The monoisotopic (exact) mass is 304 g/mol. The highest BCUT2D eigenvalue weighted by atomic mass is 19.3. The molecule has 0 amide bonds.